The highest BCUT2D eigenvalue weighted by molar-refractivity contribution is 7.92. The number of nitrogens with one attached hydrogen (secondary N) is 1. The number of hydrogen-bond acceptors (Lipinski definition) is 5. The maximum Gasteiger partial charge on any atom is 0.240 e. The van der Waals surface area contributed by atoms with E-state index >= 15 is 0 Å². The molecule has 1 aromatic carbocycles. The number of anilines is 1. The predicted octanol–water partition coefficient (Wildman–Crippen LogP) is 1.63. The lowest BCUT2D eigenvalue weighted by molar-refractivity contribution is -0.120. The summed E-state index contributed by atoms with van der Waals surface area (Å²) in [5.41, 5.74) is 0.336. The average molecular weight is 358 g/mol. The summed E-state index contributed by atoms with van der Waals surface area (Å²) in [5, 5.41) is 2.80. The minimum absolute atomic E-state index is 0.0516. The lowest BCUT2D eigenvalue weighted by Gasteiger charge is -2.24. The highest BCUT2D eigenvalue weighted by Crippen LogP contribution is 2.32. The number of amides is 1. The molecule has 0 aliphatic carbocycles. The van der Waals surface area contributed by atoms with E-state index in [9.17, 15) is 13.2 Å². The van der Waals surface area contributed by atoms with Crippen molar-refractivity contribution < 1.29 is 22.7 Å². The van der Waals surface area contributed by atoms with Crippen molar-refractivity contribution in [3.8, 4) is 11.5 Å². The van der Waals surface area contributed by atoms with E-state index in [1.54, 1.807) is 12.1 Å². The van der Waals surface area contributed by atoms with Crippen molar-refractivity contribution in [2.24, 2.45) is 5.92 Å². The number of methoxy groups -OCH3 is 2. The number of carbonyl (C=O) groups excluding carboxylic acids is 1. The second-order valence-corrected chi connectivity index (χ2v) is 7.82. The van der Waals surface area contributed by atoms with Gasteiger partial charge in [-0.1, -0.05) is 13.8 Å². The molecule has 0 aliphatic heterocycles. The van der Waals surface area contributed by atoms with Gasteiger partial charge in [-0.15, -0.1) is 0 Å². The number of hydrogen-bond donors (Lipinski definition) is 1. The van der Waals surface area contributed by atoms with E-state index in [0.29, 0.717) is 17.2 Å². The Balaban J connectivity index is 3.09. The first kappa shape index (κ1) is 20.1. The minimum atomic E-state index is -3.64. The summed E-state index contributed by atoms with van der Waals surface area (Å²) in [7, 11) is -0.683. The van der Waals surface area contributed by atoms with Gasteiger partial charge in [-0.05, 0) is 25.0 Å². The number of ether oxygens (including phenoxy) is 2. The Kier molecular flexibility index (Phi) is 6.89. The fourth-order valence-corrected chi connectivity index (χ4v) is 2.83. The summed E-state index contributed by atoms with van der Waals surface area (Å²) in [6.07, 6.45) is 1.06. The average Bonchev–Trinajstić information content (AvgIpc) is 2.50. The lowest BCUT2D eigenvalue weighted by atomic mass is 10.1. The summed E-state index contributed by atoms with van der Waals surface area (Å²) in [6, 6.07) is 4.64. The molecule has 0 radical (unpaired) electrons. The molecule has 1 atom stereocenters. The van der Waals surface area contributed by atoms with Crippen molar-refractivity contribution in [1.82, 2.24) is 5.32 Å². The molecule has 1 rings (SSSR count). The largest absolute Gasteiger partial charge is 0.493 e. The van der Waals surface area contributed by atoms with Crippen molar-refractivity contribution >= 4 is 21.6 Å². The SMILES string of the molecule is COc1ccc(N(CC(=O)NC(C)C(C)C)S(C)(=O)=O)cc1OC. The van der Waals surface area contributed by atoms with Crippen LogP contribution >= 0.6 is 0 Å². The first-order valence-corrected chi connectivity index (χ1v) is 9.44. The molecular weight excluding hydrogens is 332 g/mol. The van der Waals surface area contributed by atoms with E-state index in [0.717, 1.165) is 10.6 Å². The third kappa shape index (κ3) is 5.30. The summed E-state index contributed by atoms with van der Waals surface area (Å²) < 4.78 is 35.6. The summed E-state index contributed by atoms with van der Waals surface area (Å²) >= 11 is 0. The molecule has 1 amide bonds. The second-order valence-electron chi connectivity index (χ2n) is 5.91. The van der Waals surface area contributed by atoms with Crippen LogP contribution in [-0.4, -0.2) is 47.4 Å². The zero-order chi connectivity index (χ0) is 18.5. The third-order valence-electron chi connectivity index (χ3n) is 3.73. The molecular formula is C16H26N2O5S. The smallest absolute Gasteiger partial charge is 0.240 e. The van der Waals surface area contributed by atoms with Gasteiger partial charge >= 0.3 is 0 Å². The van der Waals surface area contributed by atoms with Gasteiger partial charge in [-0.2, -0.15) is 0 Å². The van der Waals surface area contributed by atoms with Gasteiger partial charge in [-0.25, -0.2) is 8.42 Å². The Bertz CT molecular complexity index is 673. The molecule has 136 valence electrons. The molecule has 0 heterocycles. The minimum Gasteiger partial charge on any atom is -0.493 e. The quantitative estimate of drug-likeness (QED) is 0.763. The Morgan fingerprint density at radius 2 is 1.75 bits per heavy atom. The first-order valence-electron chi connectivity index (χ1n) is 7.59. The van der Waals surface area contributed by atoms with E-state index in [2.05, 4.69) is 5.32 Å². The fraction of sp³-hybridized carbons (Fsp3) is 0.562. The van der Waals surface area contributed by atoms with Crippen LogP contribution in [0.5, 0.6) is 11.5 Å². The van der Waals surface area contributed by atoms with Crippen molar-refractivity contribution in [3.05, 3.63) is 18.2 Å². The molecule has 1 N–H and O–H groups in total. The molecule has 0 saturated heterocycles. The molecule has 8 heteroatoms. The van der Waals surface area contributed by atoms with Crippen molar-refractivity contribution in [3.63, 3.8) is 0 Å². The summed E-state index contributed by atoms with van der Waals surface area (Å²) in [6.45, 7) is 5.54. The molecule has 0 aliphatic rings. The van der Waals surface area contributed by atoms with E-state index in [1.165, 1.54) is 20.3 Å². The molecule has 0 spiro atoms. The Hall–Kier alpha value is -1.96. The van der Waals surface area contributed by atoms with Gasteiger partial charge in [0.05, 0.1) is 26.2 Å². The van der Waals surface area contributed by atoms with Crippen LogP contribution in [0.4, 0.5) is 5.69 Å². The second kappa shape index (κ2) is 8.23. The lowest BCUT2D eigenvalue weighted by Crippen LogP contribution is -2.44. The molecule has 1 unspecified atom stereocenters. The Morgan fingerprint density at radius 3 is 2.21 bits per heavy atom. The fourth-order valence-electron chi connectivity index (χ4n) is 1.98. The van der Waals surface area contributed by atoms with E-state index in [4.69, 9.17) is 9.47 Å². The third-order valence-corrected chi connectivity index (χ3v) is 4.87. The first-order chi connectivity index (χ1) is 11.1. The zero-order valence-corrected chi connectivity index (χ0v) is 15.8. The molecule has 1 aromatic rings. The molecule has 0 bridgehead atoms. The highest BCUT2D eigenvalue weighted by atomic mass is 32.2. The Labute approximate surface area is 144 Å². The van der Waals surface area contributed by atoms with Crippen molar-refractivity contribution in [2.45, 2.75) is 26.8 Å². The standard InChI is InChI=1S/C16H26N2O5S/c1-11(2)12(3)17-16(19)10-18(24(6,20)21)13-7-8-14(22-4)15(9-13)23-5/h7-9,11-12H,10H2,1-6H3,(H,17,19). The maximum atomic E-state index is 12.2. The predicted molar refractivity (Wildman–Crippen MR) is 94.2 cm³/mol. The van der Waals surface area contributed by atoms with Gasteiger partial charge in [0.15, 0.2) is 11.5 Å². The summed E-state index contributed by atoms with van der Waals surface area (Å²) in [5.74, 6) is 0.755. The maximum absolute atomic E-state index is 12.2. The monoisotopic (exact) mass is 358 g/mol. The molecule has 0 saturated carbocycles. The van der Waals surface area contributed by atoms with Gasteiger partial charge in [0.1, 0.15) is 6.54 Å². The van der Waals surface area contributed by atoms with Crippen molar-refractivity contribution in [2.75, 3.05) is 31.3 Å². The van der Waals surface area contributed by atoms with Gasteiger partial charge < -0.3 is 14.8 Å². The molecule has 7 nitrogen and oxygen atoms in total. The normalized spacial score (nSPS) is 12.6. The van der Waals surface area contributed by atoms with Crippen molar-refractivity contribution in [1.29, 1.82) is 0 Å². The van der Waals surface area contributed by atoms with Gasteiger partial charge in [0.25, 0.3) is 0 Å². The molecule has 0 aromatic heterocycles. The van der Waals surface area contributed by atoms with E-state index < -0.39 is 10.0 Å². The number of nitrogens with zero attached hydrogens (tertiary/aromatic N) is 1. The van der Waals surface area contributed by atoms with Gasteiger partial charge in [0, 0.05) is 12.1 Å². The number of carbonyl (C=O) groups is 1. The van der Waals surface area contributed by atoms with Crippen LogP contribution in [0.3, 0.4) is 0 Å². The van der Waals surface area contributed by atoms with E-state index in [-0.39, 0.29) is 24.4 Å². The van der Waals surface area contributed by atoms with Gasteiger partial charge in [0.2, 0.25) is 15.9 Å². The Morgan fingerprint density at radius 1 is 1.17 bits per heavy atom. The molecule has 24 heavy (non-hydrogen) atoms. The zero-order valence-electron chi connectivity index (χ0n) is 15.0. The number of rotatable bonds is 8. The topological polar surface area (TPSA) is 84.9 Å². The van der Waals surface area contributed by atoms with Crippen LogP contribution in [0.15, 0.2) is 18.2 Å². The number of benzene rings is 1. The van der Waals surface area contributed by atoms with Crippen LogP contribution in [0.25, 0.3) is 0 Å². The van der Waals surface area contributed by atoms with Crippen LogP contribution in [0, 0.1) is 5.92 Å². The van der Waals surface area contributed by atoms with Crippen LogP contribution in [-0.2, 0) is 14.8 Å². The number of sulfonamides is 1. The summed E-state index contributed by atoms with van der Waals surface area (Å²) in [4.78, 5) is 12.2. The highest BCUT2D eigenvalue weighted by Gasteiger charge is 2.23. The molecule has 0 fully saturated rings. The van der Waals surface area contributed by atoms with E-state index in [1.807, 2.05) is 20.8 Å². The van der Waals surface area contributed by atoms with Crippen LogP contribution < -0.4 is 19.1 Å². The van der Waals surface area contributed by atoms with Crippen LogP contribution in [0.1, 0.15) is 20.8 Å². The van der Waals surface area contributed by atoms with Gasteiger partial charge in [-0.3, -0.25) is 9.10 Å². The van der Waals surface area contributed by atoms with Crippen LogP contribution in [0.2, 0.25) is 0 Å².